The standard InChI is InChI=1S/C18H25NO6/c1-23-14-9-12(10-15(24-2)17(14)25-3)6-7-16(20)19-8-4-5-13(11-19)18(21)22/h9-10,13H,4-8,11H2,1-3H3,(H,21,22). The third kappa shape index (κ3) is 4.55. The second-order valence-electron chi connectivity index (χ2n) is 6.05. The van der Waals surface area contributed by atoms with Crippen LogP contribution in [-0.4, -0.2) is 56.3 Å². The molecule has 1 heterocycles. The Balaban J connectivity index is 2.03. The molecule has 0 saturated carbocycles. The monoisotopic (exact) mass is 351 g/mol. The number of amides is 1. The van der Waals surface area contributed by atoms with E-state index in [4.69, 9.17) is 19.3 Å². The van der Waals surface area contributed by atoms with Crippen molar-refractivity contribution in [1.82, 2.24) is 4.90 Å². The first-order valence-electron chi connectivity index (χ1n) is 8.29. The first-order valence-corrected chi connectivity index (χ1v) is 8.29. The molecule has 0 spiro atoms. The highest BCUT2D eigenvalue weighted by Gasteiger charge is 2.27. The molecule has 138 valence electrons. The number of aliphatic carboxylic acids is 1. The third-order valence-electron chi connectivity index (χ3n) is 4.48. The Morgan fingerprint density at radius 3 is 2.32 bits per heavy atom. The van der Waals surface area contributed by atoms with E-state index in [-0.39, 0.29) is 5.91 Å². The fourth-order valence-electron chi connectivity index (χ4n) is 3.09. The van der Waals surface area contributed by atoms with Crippen LogP contribution >= 0.6 is 0 Å². The number of carboxylic acids is 1. The van der Waals surface area contributed by atoms with Gasteiger partial charge in [0, 0.05) is 19.5 Å². The van der Waals surface area contributed by atoms with Gasteiger partial charge in [-0.25, -0.2) is 0 Å². The van der Waals surface area contributed by atoms with Gasteiger partial charge in [0.05, 0.1) is 27.2 Å². The predicted molar refractivity (Wildman–Crippen MR) is 91.4 cm³/mol. The molecule has 7 heteroatoms. The molecule has 1 atom stereocenters. The Hall–Kier alpha value is -2.44. The number of carbonyl (C=O) groups excluding carboxylic acids is 1. The van der Waals surface area contributed by atoms with Gasteiger partial charge in [0.1, 0.15) is 0 Å². The van der Waals surface area contributed by atoms with Crippen molar-refractivity contribution < 1.29 is 28.9 Å². The molecule has 1 N–H and O–H groups in total. The maximum Gasteiger partial charge on any atom is 0.308 e. The van der Waals surface area contributed by atoms with Gasteiger partial charge < -0.3 is 24.2 Å². The molecular weight excluding hydrogens is 326 g/mol. The van der Waals surface area contributed by atoms with Crippen LogP contribution < -0.4 is 14.2 Å². The van der Waals surface area contributed by atoms with E-state index in [1.165, 1.54) is 0 Å². The number of methoxy groups -OCH3 is 3. The van der Waals surface area contributed by atoms with Gasteiger partial charge in [-0.15, -0.1) is 0 Å². The van der Waals surface area contributed by atoms with Crippen molar-refractivity contribution in [3.05, 3.63) is 17.7 Å². The number of nitrogens with zero attached hydrogens (tertiary/aromatic N) is 1. The lowest BCUT2D eigenvalue weighted by atomic mass is 9.97. The zero-order valence-electron chi connectivity index (χ0n) is 14.9. The summed E-state index contributed by atoms with van der Waals surface area (Å²) in [6.45, 7) is 0.918. The number of likely N-dealkylation sites (tertiary alicyclic amines) is 1. The maximum absolute atomic E-state index is 12.4. The van der Waals surface area contributed by atoms with Crippen LogP contribution in [0.25, 0.3) is 0 Å². The van der Waals surface area contributed by atoms with E-state index in [9.17, 15) is 9.59 Å². The fraction of sp³-hybridized carbons (Fsp3) is 0.556. The molecule has 25 heavy (non-hydrogen) atoms. The minimum atomic E-state index is -0.831. The molecule has 1 saturated heterocycles. The van der Waals surface area contributed by atoms with Crippen LogP contribution in [0.5, 0.6) is 17.2 Å². The van der Waals surface area contributed by atoms with Crippen molar-refractivity contribution in [3.8, 4) is 17.2 Å². The lowest BCUT2D eigenvalue weighted by molar-refractivity contribution is -0.145. The molecule has 0 aliphatic carbocycles. The SMILES string of the molecule is COc1cc(CCC(=O)N2CCCC(C(=O)O)C2)cc(OC)c1OC. The second kappa shape index (κ2) is 8.60. The van der Waals surface area contributed by atoms with Crippen LogP contribution in [0.2, 0.25) is 0 Å². The Bertz CT molecular complexity index is 605. The average molecular weight is 351 g/mol. The van der Waals surface area contributed by atoms with Gasteiger partial charge in [-0.1, -0.05) is 0 Å². The molecule has 1 aromatic carbocycles. The summed E-state index contributed by atoms with van der Waals surface area (Å²) >= 11 is 0. The molecule has 1 fully saturated rings. The van der Waals surface area contributed by atoms with E-state index in [0.29, 0.717) is 49.6 Å². The van der Waals surface area contributed by atoms with Crippen LogP contribution in [0.4, 0.5) is 0 Å². The first-order chi connectivity index (χ1) is 12.0. The van der Waals surface area contributed by atoms with Crippen LogP contribution in [0.1, 0.15) is 24.8 Å². The van der Waals surface area contributed by atoms with Gasteiger partial charge in [0.15, 0.2) is 11.5 Å². The molecule has 7 nitrogen and oxygen atoms in total. The fourth-order valence-corrected chi connectivity index (χ4v) is 3.09. The van der Waals surface area contributed by atoms with Crippen LogP contribution in [-0.2, 0) is 16.0 Å². The maximum atomic E-state index is 12.4. The number of aryl methyl sites for hydroxylation is 1. The van der Waals surface area contributed by atoms with Gasteiger partial charge in [0.2, 0.25) is 11.7 Å². The van der Waals surface area contributed by atoms with Crippen molar-refractivity contribution in [2.75, 3.05) is 34.4 Å². The molecule has 1 aromatic rings. The minimum absolute atomic E-state index is 0.0281. The second-order valence-corrected chi connectivity index (χ2v) is 6.05. The number of carboxylic acid groups (broad SMARTS) is 1. The molecule has 1 aliphatic rings. The highest BCUT2D eigenvalue weighted by atomic mass is 16.5. The van der Waals surface area contributed by atoms with Gasteiger partial charge in [-0.3, -0.25) is 9.59 Å². The zero-order chi connectivity index (χ0) is 18.4. The van der Waals surface area contributed by atoms with Crippen LogP contribution in [0.15, 0.2) is 12.1 Å². The van der Waals surface area contributed by atoms with Crippen molar-refractivity contribution >= 4 is 11.9 Å². The molecule has 2 rings (SSSR count). The lowest BCUT2D eigenvalue weighted by Gasteiger charge is -2.30. The summed E-state index contributed by atoms with van der Waals surface area (Å²) in [5.41, 5.74) is 0.898. The summed E-state index contributed by atoms with van der Waals surface area (Å²) in [6.07, 6.45) is 2.19. The lowest BCUT2D eigenvalue weighted by Crippen LogP contribution is -2.42. The van der Waals surface area contributed by atoms with E-state index in [1.807, 2.05) is 12.1 Å². The van der Waals surface area contributed by atoms with Gasteiger partial charge in [-0.2, -0.15) is 0 Å². The van der Waals surface area contributed by atoms with Crippen molar-refractivity contribution in [2.24, 2.45) is 5.92 Å². The van der Waals surface area contributed by atoms with Crippen molar-refractivity contribution in [1.29, 1.82) is 0 Å². The third-order valence-corrected chi connectivity index (χ3v) is 4.48. The Kier molecular flexibility index (Phi) is 6.50. The predicted octanol–water partition coefficient (Wildman–Crippen LogP) is 1.97. The first kappa shape index (κ1) is 18.9. The smallest absolute Gasteiger partial charge is 0.308 e. The molecule has 0 radical (unpaired) electrons. The number of hydrogen-bond acceptors (Lipinski definition) is 5. The van der Waals surface area contributed by atoms with E-state index in [0.717, 1.165) is 12.0 Å². The molecule has 1 aliphatic heterocycles. The number of rotatable bonds is 7. The van der Waals surface area contributed by atoms with Crippen molar-refractivity contribution in [3.63, 3.8) is 0 Å². The molecular formula is C18H25NO6. The minimum Gasteiger partial charge on any atom is -0.493 e. The largest absolute Gasteiger partial charge is 0.493 e. The quantitative estimate of drug-likeness (QED) is 0.808. The Morgan fingerprint density at radius 1 is 1.16 bits per heavy atom. The van der Waals surface area contributed by atoms with E-state index in [2.05, 4.69) is 0 Å². The summed E-state index contributed by atoms with van der Waals surface area (Å²) in [7, 11) is 4.64. The van der Waals surface area contributed by atoms with Gasteiger partial charge in [-0.05, 0) is 37.0 Å². The van der Waals surface area contributed by atoms with Crippen LogP contribution in [0, 0.1) is 5.92 Å². The molecule has 1 amide bonds. The molecule has 1 unspecified atom stereocenters. The number of piperidine rings is 1. The summed E-state index contributed by atoms with van der Waals surface area (Å²) < 4.78 is 15.9. The molecule has 0 aromatic heterocycles. The number of benzene rings is 1. The Morgan fingerprint density at radius 2 is 1.80 bits per heavy atom. The normalized spacial score (nSPS) is 17.1. The Labute approximate surface area is 147 Å². The van der Waals surface area contributed by atoms with Gasteiger partial charge in [0.25, 0.3) is 0 Å². The van der Waals surface area contributed by atoms with Crippen molar-refractivity contribution in [2.45, 2.75) is 25.7 Å². The zero-order valence-corrected chi connectivity index (χ0v) is 14.9. The summed E-state index contributed by atoms with van der Waals surface area (Å²) in [6, 6.07) is 3.65. The van der Waals surface area contributed by atoms with Gasteiger partial charge >= 0.3 is 5.97 Å². The van der Waals surface area contributed by atoms with Crippen LogP contribution in [0.3, 0.4) is 0 Å². The topological polar surface area (TPSA) is 85.3 Å². The van der Waals surface area contributed by atoms with E-state index < -0.39 is 11.9 Å². The number of hydrogen-bond donors (Lipinski definition) is 1. The number of ether oxygens (including phenoxy) is 3. The van der Waals surface area contributed by atoms with E-state index in [1.54, 1.807) is 26.2 Å². The highest BCUT2D eigenvalue weighted by Crippen LogP contribution is 2.38. The number of carbonyl (C=O) groups is 2. The summed E-state index contributed by atoms with van der Waals surface area (Å²) in [4.78, 5) is 25.2. The summed E-state index contributed by atoms with van der Waals surface area (Å²) in [5, 5.41) is 9.13. The highest BCUT2D eigenvalue weighted by molar-refractivity contribution is 5.78. The average Bonchev–Trinajstić information content (AvgIpc) is 2.64. The molecule has 0 bridgehead atoms. The summed E-state index contributed by atoms with van der Waals surface area (Å²) in [5.74, 6) is 0.294. The van der Waals surface area contributed by atoms with E-state index >= 15 is 0 Å².